The molecule has 10 nitrogen and oxygen atoms in total. The molecule has 0 radical (unpaired) electrons. The van der Waals surface area contributed by atoms with Crippen molar-refractivity contribution in [3.8, 4) is 11.3 Å². The first-order chi connectivity index (χ1) is 17.2. The number of carboxylic acids is 1. The molecular weight excluding hydrogens is 446 g/mol. The van der Waals surface area contributed by atoms with Crippen LogP contribution in [-0.4, -0.2) is 45.3 Å². The second-order valence-corrected chi connectivity index (χ2v) is 7.89. The normalized spacial score (nSPS) is 13.3. The average Bonchev–Trinajstić information content (AvgIpc) is 3.57. The average molecular weight is 470 g/mol. The van der Waals surface area contributed by atoms with Crippen molar-refractivity contribution in [2.45, 2.75) is 12.8 Å². The number of carbonyl (C=O) groups is 1. The lowest BCUT2D eigenvalue weighted by molar-refractivity contribution is 0.0697. The molecule has 0 spiro atoms. The number of anilines is 4. The number of furan rings is 1. The monoisotopic (exact) mass is 469 g/mol. The van der Waals surface area contributed by atoms with Crippen LogP contribution < -0.4 is 15.6 Å². The molecule has 0 atom stereocenters. The van der Waals surface area contributed by atoms with E-state index in [1.54, 1.807) is 30.3 Å². The van der Waals surface area contributed by atoms with Crippen LogP contribution in [0.2, 0.25) is 0 Å². The molecule has 1 aliphatic rings. The van der Waals surface area contributed by atoms with Crippen molar-refractivity contribution < 1.29 is 14.3 Å². The van der Waals surface area contributed by atoms with E-state index < -0.39 is 5.97 Å². The maximum atomic E-state index is 11.5. The van der Waals surface area contributed by atoms with Gasteiger partial charge in [-0.1, -0.05) is 36.4 Å². The fraction of sp³-hybridized carbons (Fsp3) is 0.160. The third kappa shape index (κ3) is 5.27. The summed E-state index contributed by atoms with van der Waals surface area (Å²) in [5, 5.41) is 16.8. The van der Waals surface area contributed by atoms with E-state index in [0.29, 0.717) is 34.9 Å². The first kappa shape index (κ1) is 22.1. The van der Waals surface area contributed by atoms with Crippen LogP contribution in [0.15, 0.2) is 76.2 Å². The Morgan fingerprint density at radius 1 is 0.943 bits per heavy atom. The van der Waals surface area contributed by atoms with Crippen LogP contribution in [0.5, 0.6) is 0 Å². The number of hydrogen-bond donors (Lipinski definition) is 3. The molecule has 2 aromatic heterocycles. The number of carboxylic acid groups (broad SMARTS) is 1. The topological polar surface area (TPSA) is 129 Å². The first-order valence-corrected chi connectivity index (χ1v) is 11.2. The Hall–Kier alpha value is -4.73. The predicted molar refractivity (Wildman–Crippen MR) is 133 cm³/mol. The molecule has 3 heterocycles. The van der Waals surface area contributed by atoms with Gasteiger partial charge in [0, 0.05) is 24.3 Å². The van der Waals surface area contributed by atoms with Gasteiger partial charge in [-0.15, -0.1) is 0 Å². The molecule has 0 saturated carbocycles. The van der Waals surface area contributed by atoms with Crippen molar-refractivity contribution in [2.24, 2.45) is 5.10 Å². The number of hydrogen-bond acceptors (Lipinski definition) is 9. The molecular formula is C25H23N7O3. The lowest BCUT2D eigenvalue weighted by atomic mass is 10.1. The maximum Gasteiger partial charge on any atom is 0.336 e. The van der Waals surface area contributed by atoms with E-state index in [9.17, 15) is 9.90 Å². The Balaban J connectivity index is 1.34. The van der Waals surface area contributed by atoms with Gasteiger partial charge in [0.05, 0.1) is 11.8 Å². The number of para-hydroxylation sites is 1. The number of aromatic nitrogens is 3. The van der Waals surface area contributed by atoms with E-state index in [1.807, 2.05) is 30.3 Å². The van der Waals surface area contributed by atoms with Crippen LogP contribution in [0.25, 0.3) is 11.3 Å². The summed E-state index contributed by atoms with van der Waals surface area (Å²) < 4.78 is 5.78. The van der Waals surface area contributed by atoms with Gasteiger partial charge < -0.3 is 19.7 Å². The molecule has 1 fully saturated rings. The smallest absolute Gasteiger partial charge is 0.336 e. The van der Waals surface area contributed by atoms with Crippen LogP contribution in [0.3, 0.4) is 0 Å². The van der Waals surface area contributed by atoms with E-state index in [2.05, 4.69) is 35.7 Å². The Kier molecular flexibility index (Phi) is 6.33. The van der Waals surface area contributed by atoms with Crippen LogP contribution in [-0.2, 0) is 0 Å². The molecule has 0 bridgehead atoms. The predicted octanol–water partition coefficient (Wildman–Crippen LogP) is 4.62. The van der Waals surface area contributed by atoms with Gasteiger partial charge in [-0.2, -0.15) is 20.1 Å². The molecule has 0 amide bonds. The first-order valence-electron chi connectivity index (χ1n) is 11.2. The van der Waals surface area contributed by atoms with Crippen molar-refractivity contribution in [3.63, 3.8) is 0 Å². The summed E-state index contributed by atoms with van der Waals surface area (Å²) >= 11 is 0. The van der Waals surface area contributed by atoms with Crippen LogP contribution >= 0.6 is 0 Å². The summed E-state index contributed by atoms with van der Waals surface area (Å²) in [6.07, 6.45) is 3.68. The van der Waals surface area contributed by atoms with E-state index in [-0.39, 0.29) is 5.56 Å². The summed E-state index contributed by atoms with van der Waals surface area (Å²) in [6.45, 7) is 1.79. The fourth-order valence-electron chi connectivity index (χ4n) is 3.78. The van der Waals surface area contributed by atoms with Crippen molar-refractivity contribution in [3.05, 3.63) is 78.1 Å². The minimum Gasteiger partial charge on any atom is -0.478 e. The zero-order valence-corrected chi connectivity index (χ0v) is 18.8. The highest BCUT2D eigenvalue weighted by molar-refractivity contribution is 5.95. The summed E-state index contributed by atoms with van der Waals surface area (Å²) in [6, 6.07) is 19.8. The SMILES string of the molecule is O=C(O)c1ccccc1-c1ccc(/C=N\Nc2nc(Nc3ccccc3)nc(N3CCCC3)n2)o1. The molecule has 4 aromatic rings. The zero-order chi connectivity index (χ0) is 24.0. The third-order valence-corrected chi connectivity index (χ3v) is 5.45. The van der Waals surface area contributed by atoms with Gasteiger partial charge in [0.15, 0.2) is 0 Å². The van der Waals surface area contributed by atoms with E-state index in [4.69, 9.17) is 4.42 Å². The van der Waals surface area contributed by atoms with Gasteiger partial charge in [-0.3, -0.25) is 0 Å². The molecule has 3 N–H and O–H groups in total. The van der Waals surface area contributed by atoms with Crippen LogP contribution in [0.1, 0.15) is 29.0 Å². The molecule has 0 aliphatic carbocycles. The van der Waals surface area contributed by atoms with Gasteiger partial charge in [-0.05, 0) is 43.2 Å². The quantitative estimate of drug-likeness (QED) is 0.250. The highest BCUT2D eigenvalue weighted by Gasteiger charge is 2.18. The second kappa shape index (κ2) is 10.0. The number of benzene rings is 2. The van der Waals surface area contributed by atoms with Crippen LogP contribution in [0.4, 0.5) is 23.5 Å². The van der Waals surface area contributed by atoms with Gasteiger partial charge in [0.1, 0.15) is 11.5 Å². The minimum atomic E-state index is -1.02. The van der Waals surface area contributed by atoms with Gasteiger partial charge >= 0.3 is 5.97 Å². The Morgan fingerprint density at radius 2 is 1.69 bits per heavy atom. The summed E-state index contributed by atoms with van der Waals surface area (Å²) in [5.41, 5.74) is 4.38. The number of rotatable bonds is 8. The summed E-state index contributed by atoms with van der Waals surface area (Å²) in [7, 11) is 0. The van der Waals surface area contributed by atoms with Gasteiger partial charge in [-0.25, -0.2) is 10.2 Å². The van der Waals surface area contributed by atoms with Gasteiger partial charge in [0.25, 0.3) is 0 Å². The minimum absolute atomic E-state index is 0.168. The molecule has 2 aromatic carbocycles. The fourth-order valence-corrected chi connectivity index (χ4v) is 3.78. The Bertz CT molecular complexity index is 1350. The third-order valence-electron chi connectivity index (χ3n) is 5.45. The molecule has 35 heavy (non-hydrogen) atoms. The Morgan fingerprint density at radius 3 is 2.49 bits per heavy atom. The second-order valence-electron chi connectivity index (χ2n) is 7.89. The molecule has 5 rings (SSSR count). The van der Waals surface area contributed by atoms with E-state index in [1.165, 1.54) is 12.3 Å². The standard InChI is InChI=1S/C25H23N7O3/c33-22(34)20-11-5-4-10-19(20)21-13-12-18(35-21)16-26-31-24-28-23(27-17-8-2-1-3-9-17)29-25(30-24)32-14-6-7-15-32/h1-5,8-13,16H,6-7,14-15H2,(H,33,34)(H2,27,28,29,30,31)/b26-16-. The van der Waals surface area contributed by atoms with Crippen molar-refractivity contribution >= 4 is 35.7 Å². The summed E-state index contributed by atoms with van der Waals surface area (Å²) in [5.74, 6) is 1.16. The Labute approximate surface area is 201 Å². The lowest BCUT2D eigenvalue weighted by Crippen LogP contribution is -2.21. The number of nitrogens with one attached hydrogen (secondary N) is 2. The molecule has 0 unspecified atom stereocenters. The number of hydrazone groups is 1. The zero-order valence-electron chi connectivity index (χ0n) is 18.8. The number of aromatic carboxylic acids is 1. The van der Waals surface area contributed by atoms with Crippen molar-refractivity contribution in [2.75, 3.05) is 28.7 Å². The molecule has 10 heteroatoms. The molecule has 1 saturated heterocycles. The maximum absolute atomic E-state index is 11.5. The number of nitrogens with zero attached hydrogens (tertiary/aromatic N) is 5. The lowest BCUT2D eigenvalue weighted by Gasteiger charge is -2.16. The van der Waals surface area contributed by atoms with E-state index >= 15 is 0 Å². The largest absolute Gasteiger partial charge is 0.478 e. The van der Waals surface area contributed by atoms with Crippen molar-refractivity contribution in [1.82, 2.24) is 15.0 Å². The highest BCUT2D eigenvalue weighted by atomic mass is 16.4. The van der Waals surface area contributed by atoms with E-state index in [0.717, 1.165) is 31.6 Å². The van der Waals surface area contributed by atoms with Crippen LogP contribution in [0, 0.1) is 0 Å². The molecule has 176 valence electrons. The van der Waals surface area contributed by atoms with Gasteiger partial charge in [0.2, 0.25) is 17.8 Å². The highest BCUT2D eigenvalue weighted by Crippen LogP contribution is 2.26. The molecule has 1 aliphatic heterocycles. The van der Waals surface area contributed by atoms with Crippen molar-refractivity contribution in [1.29, 1.82) is 0 Å². The summed E-state index contributed by atoms with van der Waals surface area (Å²) in [4.78, 5) is 27.1.